The number of rotatable bonds is 6. The summed E-state index contributed by atoms with van der Waals surface area (Å²) in [6, 6.07) is 18.9. The van der Waals surface area contributed by atoms with E-state index < -0.39 is 6.04 Å². The van der Waals surface area contributed by atoms with Crippen molar-refractivity contribution in [2.24, 2.45) is 0 Å². The number of amides is 2. The normalized spacial score (nSPS) is 17.7. The second-order valence-corrected chi connectivity index (χ2v) is 9.29. The summed E-state index contributed by atoms with van der Waals surface area (Å²) in [7, 11) is 0. The van der Waals surface area contributed by atoms with Crippen molar-refractivity contribution < 1.29 is 9.59 Å². The van der Waals surface area contributed by atoms with Gasteiger partial charge in [-0.1, -0.05) is 60.7 Å². The zero-order valence-corrected chi connectivity index (χ0v) is 19.3. The van der Waals surface area contributed by atoms with Crippen molar-refractivity contribution in [3.63, 3.8) is 0 Å². The number of carbonyl (C=O) groups excluding carboxylic acids is 2. The zero-order valence-electron chi connectivity index (χ0n) is 19.3. The van der Waals surface area contributed by atoms with Crippen LogP contribution >= 0.6 is 0 Å². The Balaban J connectivity index is 1.28. The van der Waals surface area contributed by atoms with Gasteiger partial charge in [0.15, 0.2) is 0 Å². The first-order chi connectivity index (χ1) is 16.6. The topological polar surface area (TPSA) is 90.1 Å². The Morgan fingerprint density at radius 3 is 2.38 bits per heavy atom. The molecule has 0 radical (unpaired) electrons. The van der Waals surface area contributed by atoms with E-state index in [1.54, 1.807) is 6.33 Å². The maximum absolute atomic E-state index is 13.6. The number of fused-ring (bicyclic) bond motifs is 2. The Morgan fingerprint density at radius 1 is 1.00 bits per heavy atom. The molecule has 0 aliphatic carbocycles. The van der Waals surface area contributed by atoms with Crippen LogP contribution in [-0.4, -0.2) is 52.4 Å². The fraction of sp³-hybridized carbons (Fsp3) is 0.370. The maximum atomic E-state index is 13.6. The number of nitrogens with zero attached hydrogens (tertiary/aromatic N) is 2. The summed E-state index contributed by atoms with van der Waals surface area (Å²) in [4.78, 5) is 36.2. The van der Waals surface area contributed by atoms with E-state index in [1.807, 2.05) is 65.6 Å². The van der Waals surface area contributed by atoms with E-state index in [0.29, 0.717) is 19.5 Å². The molecule has 1 fully saturated rings. The molecule has 2 aromatic carbocycles. The lowest BCUT2D eigenvalue weighted by molar-refractivity contribution is -0.138. The summed E-state index contributed by atoms with van der Waals surface area (Å²) < 4.78 is 0. The molecule has 34 heavy (non-hydrogen) atoms. The van der Waals surface area contributed by atoms with Crippen molar-refractivity contribution in [1.29, 1.82) is 0 Å². The highest BCUT2D eigenvalue weighted by atomic mass is 16.2. The number of carbonyl (C=O) groups is 2. The summed E-state index contributed by atoms with van der Waals surface area (Å²) >= 11 is 0. The molecule has 1 spiro atoms. The van der Waals surface area contributed by atoms with Crippen molar-refractivity contribution in [1.82, 2.24) is 25.5 Å². The van der Waals surface area contributed by atoms with Gasteiger partial charge >= 0.3 is 0 Å². The van der Waals surface area contributed by atoms with Gasteiger partial charge in [-0.2, -0.15) is 0 Å². The van der Waals surface area contributed by atoms with Crippen LogP contribution in [0, 0.1) is 0 Å². The van der Waals surface area contributed by atoms with Crippen LogP contribution in [0.5, 0.6) is 0 Å². The predicted octanol–water partition coefficient (Wildman–Crippen LogP) is 2.34. The van der Waals surface area contributed by atoms with Gasteiger partial charge in [0, 0.05) is 38.2 Å². The SMILES string of the molecule is O=C(Cc1ccccc1)N[C@@H](Cc1ccccc1)C(=O)N1CCC2(CC1)NCCc1[nH]cnc12. The van der Waals surface area contributed by atoms with Crippen LogP contribution in [0.15, 0.2) is 67.0 Å². The third kappa shape index (κ3) is 4.75. The van der Waals surface area contributed by atoms with E-state index in [9.17, 15) is 9.59 Å². The van der Waals surface area contributed by atoms with Crippen LogP contribution in [0.2, 0.25) is 0 Å². The fourth-order valence-electron chi connectivity index (χ4n) is 5.25. The van der Waals surface area contributed by atoms with Crippen LogP contribution in [0.1, 0.15) is 35.4 Å². The van der Waals surface area contributed by atoms with Crippen LogP contribution in [0.3, 0.4) is 0 Å². The lowest BCUT2D eigenvalue weighted by atomic mass is 9.80. The fourth-order valence-corrected chi connectivity index (χ4v) is 5.25. The molecule has 0 unspecified atom stereocenters. The number of hydrogen-bond donors (Lipinski definition) is 3. The van der Waals surface area contributed by atoms with E-state index >= 15 is 0 Å². The Labute approximate surface area is 200 Å². The standard InChI is InChI=1S/C27H31N5O2/c33-24(18-21-9-5-2-6-10-21)31-23(17-20-7-3-1-4-8-20)26(34)32-15-12-27(13-16-32)25-22(11-14-30-27)28-19-29-25/h1-10,19,23,30H,11-18H2,(H,28,29)(H,31,33)/t23-/m0/s1. The van der Waals surface area contributed by atoms with Gasteiger partial charge < -0.3 is 20.5 Å². The van der Waals surface area contributed by atoms with Crippen molar-refractivity contribution in [3.05, 3.63) is 89.5 Å². The second-order valence-electron chi connectivity index (χ2n) is 9.29. The molecule has 3 heterocycles. The highest BCUT2D eigenvalue weighted by Gasteiger charge is 2.42. The molecule has 3 N–H and O–H groups in total. The number of hydrogen-bond acceptors (Lipinski definition) is 4. The molecule has 176 valence electrons. The molecular formula is C27H31N5O2. The molecule has 7 nitrogen and oxygen atoms in total. The summed E-state index contributed by atoms with van der Waals surface area (Å²) in [5.74, 6) is -0.151. The Morgan fingerprint density at radius 2 is 1.68 bits per heavy atom. The van der Waals surface area contributed by atoms with Crippen LogP contribution in [0.25, 0.3) is 0 Å². The molecule has 5 rings (SSSR count). The van der Waals surface area contributed by atoms with E-state index in [2.05, 4.69) is 20.6 Å². The summed E-state index contributed by atoms with van der Waals surface area (Å²) in [5, 5.41) is 6.71. The number of aromatic amines is 1. The average molecular weight is 458 g/mol. The molecular weight excluding hydrogens is 426 g/mol. The van der Waals surface area contributed by atoms with Gasteiger partial charge in [-0.05, 0) is 24.0 Å². The van der Waals surface area contributed by atoms with Crippen molar-refractivity contribution in [2.75, 3.05) is 19.6 Å². The zero-order chi connectivity index (χ0) is 23.4. The summed E-state index contributed by atoms with van der Waals surface area (Å²) in [5.41, 5.74) is 4.10. The van der Waals surface area contributed by atoms with E-state index in [4.69, 9.17) is 0 Å². The Kier molecular flexibility index (Phi) is 6.45. The van der Waals surface area contributed by atoms with Crippen molar-refractivity contribution >= 4 is 11.8 Å². The Bertz CT molecular complexity index is 1120. The van der Waals surface area contributed by atoms with E-state index in [1.165, 1.54) is 5.69 Å². The van der Waals surface area contributed by atoms with Gasteiger partial charge in [0.25, 0.3) is 0 Å². The minimum absolute atomic E-state index is 0.0156. The first-order valence-electron chi connectivity index (χ1n) is 12.1. The number of aromatic nitrogens is 2. The third-order valence-corrected chi connectivity index (χ3v) is 7.06. The van der Waals surface area contributed by atoms with Crippen LogP contribution < -0.4 is 10.6 Å². The lowest BCUT2D eigenvalue weighted by Gasteiger charge is -2.44. The highest BCUT2D eigenvalue weighted by Crippen LogP contribution is 2.36. The summed E-state index contributed by atoms with van der Waals surface area (Å²) in [6.45, 7) is 2.19. The molecule has 2 aliphatic rings. The average Bonchev–Trinajstić information content (AvgIpc) is 3.36. The molecule has 3 aromatic rings. The van der Waals surface area contributed by atoms with Crippen molar-refractivity contribution in [3.8, 4) is 0 Å². The van der Waals surface area contributed by atoms with Crippen molar-refractivity contribution in [2.45, 2.75) is 43.7 Å². The minimum atomic E-state index is -0.590. The van der Waals surface area contributed by atoms with Gasteiger partial charge in [0.1, 0.15) is 6.04 Å². The number of likely N-dealkylation sites (tertiary alicyclic amines) is 1. The first-order valence-corrected chi connectivity index (χ1v) is 12.1. The Hall–Kier alpha value is -3.45. The highest BCUT2D eigenvalue weighted by molar-refractivity contribution is 5.88. The van der Waals surface area contributed by atoms with Gasteiger partial charge in [0.05, 0.1) is 24.0 Å². The number of benzene rings is 2. The van der Waals surface area contributed by atoms with Gasteiger partial charge in [0.2, 0.25) is 11.8 Å². The molecule has 1 atom stereocenters. The van der Waals surface area contributed by atoms with Gasteiger partial charge in [-0.3, -0.25) is 9.59 Å². The van der Waals surface area contributed by atoms with Crippen LogP contribution in [-0.2, 0) is 34.4 Å². The first kappa shape index (κ1) is 22.3. The van der Waals surface area contributed by atoms with Crippen LogP contribution in [0.4, 0.5) is 0 Å². The quantitative estimate of drug-likeness (QED) is 0.530. The molecule has 2 aliphatic heterocycles. The second kappa shape index (κ2) is 9.81. The monoisotopic (exact) mass is 457 g/mol. The molecule has 1 aromatic heterocycles. The molecule has 1 saturated heterocycles. The molecule has 0 bridgehead atoms. The minimum Gasteiger partial charge on any atom is -0.348 e. The number of H-pyrrole nitrogens is 1. The number of imidazole rings is 1. The number of piperidine rings is 1. The summed E-state index contributed by atoms with van der Waals surface area (Å²) in [6.07, 6.45) is 5.08. The maximum Gasteiger partial charge on any atom is 0.245 e. The smallest absolute Gasteiger partial charge is 0.245 e. The van der Waals surface area contributed by atoms with Gasteiger partial charge in [-0.15, -0.1) is 0 Å². The predicted molar refractivity (Wildman–Crippen MR) is 130 cm³/mol. The lowest BCUT2D eigenvalue weighted by Crippen LogP contribution is -2.58. The van der Waals surface area contributed by atoms with Gasteiger partial charge in [-0.25, -0.2) is 4.98 Å². The van der Waals surface area contributed by atoms with E-state index in [-0.39, 0.29) is 23.8 Å². The third-order valence-electron chi connectivity index (χ3n) is 7.06. The molecule has 7 heteroatoms. The molecule has 2 amide bonds. The number of nitrogens with one attached hydrogen (secondary N) is 3. The largest absolute Gasteiger partial charge is 0.348 e. The van der Waals surface area contributed by atoms with E-state index in [0.717, 1.165) is 42.6 Å². The molecule has 0 saturated carbocycles.